The molecule has 0 aliphatic carbocycles. The fourth-order valence-corrected chi connectivity index (χ4v) is 3.13. The topological polar surface area (TPSA) is 78.3 Å². The minimum atomic E-state index is -0.299. The molecule has 0 unspecified atom stereocenters. The molecule has 1 amide bonds. The van der Waals surface area contributed by atoms with Gasteiger partial charge in [0.25, 0.3) is 5.91 Å². The lowest BCUT2D eigenvalue weighted by atomic mass is 10.2. The Morgan fingerprint density at radius 2 is 2.04 bits per heavy atom. The van der Waals surface area contributed by atoms with E-state index < -0.39 is 0 Å². The molecule has 3 aromatic rings. The van der Waals surface area contributed by atoms with Gasteiger partial charge < -0.3 is 14.8 Å². The van der Waals surface area contributed by atoms with Gasteiger partial charge in [-0.2, -0.15) is 5.10 Å². The van der Waals surface area contributed by atoms with E-state index in [0.29, 0.717) is 53.2 Å². The molecular formula is C19H17ClN4O3. The summed E-state index contributed by atoms with van der Waals surface area (Å²) in [6.45, 7) is 2.89. The lowest BCUT2D eigenvalue weighted by molar-refractivity contribution is 0.102. The Morgan fingerprint density at radius 3 is 2.74 bits per heavy atom. The van der Waals surface area contributed by atoms with Gasteiger partial charge in [-0.25, -0.2) is 9.67 Å². The van der Waals surface area contributed by atoms with Crippen molar-refractivity contribution in [3.63, 3.8) is 0 Å². The first-order valence-electron chi connectivity index (χ1n) is 8.56. The molecular weight excluding hydrogens is 368 g/mol. The summed E-state index contributed by atoms with van der Waals surface area (Å²) in [5.41, 5.74) is 1.69. The van der Waals surface area contributed by atoms with Gasteiger partial charge in [-0.05, 0) is 18.6 Å². The molecule has 1 aromatic carbocycles. The third kappa shape index (κ3) is 3.33. The molecule has 27 heavy (non-hydrogen) atoms. The van der Waals surface area contributed by atoms with Gasteiger partial charge in [-0.3, -0.25) is 4.79 Å². The highest BCUT2D eigenvalue weighted by Crippen LogP contribution is 2.38. The van der Waals surface area contributed by atoms with Crippen molar-refractivity contribution in [3.8, 4) is 17.3 Å². The predicted octanol–water partition coefficient (Wildman–Crippen LogP) is 3.51. The number of hydrogen-bond donors (Lipinski definition) is 1. The number of amides is 1. The number of benzene rings is 1. The number of nitrogens with zero attached hydrogens (tertiary/aromatic N) is 3. The van der Waals surface area contributed by atoms with Gasteiger partial charge in [0.1, 0.15) is 13.2 Å². The van der Waals surface area contributed by atoms with Crippen LogP contribution in [0.25, 0.3) is 5.82 Å². The number of ether oxygens (including phenoxy) is 2. The summed E-state index contributed by atoms with van der Waals surface area (Å²) in [7, 11) is 0. The summed E-state index contributed by atoms with van der Waals surface area (Å²) in [4.78, 5) is 17.1. The van der Waals surface area contributed by atoms with Gasteiger partial charge >= 0.3 is 0 Å². The molecule has 3 heterocycles. The third-order valence-electron chi connectivity index (χ3n) is 4.19. The molecule has 2 aromatic heterocycles. The van der Waals surface area contributed by atoms with Gasteiger partial charge in [0.15, 0.2) is 17.3 Å². The molecule has 0 spiro atoms. The van der Waals surface area contributed by atoms with Gasteiger partial charge in [0, 0.05) is 18.3 Å². The van der Waals surface area contributed by atoms with E-state index in [0.717, 1.165) is 5.69 Å². The maximum atomic E-state index is 12.8. The average Bonchev–Trinajstić information content (AvgIpc) is 3.13. The van der Waals surface area contributed by atoms with E-state index in [2.05, 4.69) is 15.4 Å². The number of anilines is 1. The molecule has 4 rings (SSSR count). The Bertz CT molecular complexity index is 988. The van der Waals surface area contributed by atoms with Crippen molar-refractivity contribution < 1.29 is 14.3 Å². The maximum absolute atomic E-state index is 12.8. The summed E-state index contributed by atoms with van der Waals surface area (Å²) in [6.07, 6.45) is 3.84. The highest BCUT2D eigenvalue weighted by Gasteiger charge is 2.20. The number of rotatable bonds is 4. The van der Waals surface area contributed by atoms with Crippen LogP contribution in [0.4, 0.5) is 5.69 Å². The Hall–Kier alpha value is -3.06. The van der Waals surface area contributed by atoms with Crippen LogP contribution in [0.15, 0.2) is 42.7 Å². The van der Waals surface area contributed by atoms with Gasteiger partial charge in [-0.15, -0.1) is 0 Å². The highest BCUT2D eigenvalue weighted by molar-refractivity contribution is 6.34. The molecule has 1 aliphatic rings. The second-order valence-electron chi connectivity index (χ2n) is 5.89. The van der Waals surface area contributed by atoms with Gasteiger partial charge in [0.2, 0.25) is 0 Å². The zero-order valence-electron chi connectivity index (χ0n) is 14.6. The van der Waals surface area contributed by atoms with Crippen molar-refractivity contribution in [1.82, 2.24) is 14.8 Å². The molecule has 0 atom stereocenters. The molecule has 0 saturated carbocycles. The molecule has 0 fully saturated rings. The SMILES string of the molecule is CCc1c(C(=O)Nc2cc3c(cc2Cl)OCCO3)cnn1-c1ccccn1. The summed E-state index contributed by atoms with van der Waals surface area (Å²) in [6, 6.07) is 8.85. The van der Waals surface area contributed by atoms with Crippen LogP contribution in [0, 0.1) is 0 Å². The van der Waals surface area contributed by atoms with E-state index in [1.807, 2.05) is 25.1 Å². The van der Waals surface area contributed by atoms with E-state index in [9.17, 15) is 4.79 Å². The minimum absolute atomic E-state index is 0.299. The largest absolute Gasteiger partial charge is 0.486 e. The van der Waals surface area contributed by atoms with E-state index in [1.54, 1.807) is 23.0 Å². The van der Waals surface area contributed by atoms with Crippen LogP contribution in [-0.4, -0.2) is 33.9 Å². The van der Waals surface area contributed by atoms with Crippen LogP contribution in [0.5, 0.6) is 11.5 Å². The van der Waals surface area contributed by atoms with Crippen LogP contribution in [-0.2, 0) is 6.42 Å². The summed E-state index contributed by atoms with van der Waals surface area (Å²) in [5, 5.41) is 7.54. The quantitative estimate of drug-likeness (QED) is 0.744. The van der Waals surface area contributed by atoms with Crippen LogP contribution >= 0.6 is 11.6 Å². The zero-order chi connectivity index (χ0) is 18.8. The Morgan fingerprint density at radius 1 is 1.26 bits per heavy atom. The molecule has 8 heteroatoms. The highest BCUT2D eigenvalue weighted by atomic mass is 35.5. The normalized spacial score (nSPS) is 12.7. The van der Waals surface area contributed by atoms with Crippen molar-refractivity contribution in [2.75, 3.05) is 18.5 Å². The number of nitrogens with one attached hydrogen (secondary N) is 1. The first kappa shape index (κ1) is 17.4. The molecule has 0 radical (unpaired) electrons. The molecule has 7 nitrogen and oxygen atoms in total. The Labute approximate surface area is 160 Å². The Balaban J connectivity index is 1.63. The van der Waals surface area contributed by atoms with Crippen molar-refractivity contribution in [2.45, 2.75) is 13.3 Å². The van der Waals surface area contributed by atoms with E-state index >= 15 is 0 Å². The number of carbonyl (C=O) groups is 1. The van der Waals surface area contributed by atoms with E-state index in [4.69, 9.17) is 21.1 Å². The van der Waals surface area contributed by atoms with Crippen LogP contribution < -0.4 is 14.8 Å². The average molecular weight is 385 g/mol. The van der Waals surface area contributed by atoms with E-state index in [1.165, 1.54) is 6.20 Å². The lowest BCUT2D eigenvalue weighted by Gasteiger charge is -2.20. The summed E-state index contributed by atoms with van der Waals surface area (Å²) in [5.74, 6) is 1.49. The minimum Gasteiger partial charge on any atom is -0.486 e. The molecule has 138 valence electrons. The summed E-state index contributed by atoms with van der Waals surface area (Å²) < 4.78 is 12.7. The van der Waals surface area contributed by atoms with Crippen LogP contribution in [0.1, 0.15) is 23.0 Å². The predicted molar refractivity (Wildman–Crippen MR) is 101 cm³/mol. The van der Waals surface area contributed by atoms with Crippen molar-refractivity contribution in [3.05, 3.63) is 59.0 Å². The number of aromatic nitrogens is 3. The monoisotopic (exact) mass is 384 g/mol. The third-order valence-corrected chi connectivity index (χ3v) is 4.51. The summed E-state index contributed by atoms with van der Waals surface area (Å²) >= 11 is 6.29. The number of pyridine rings is 1. The van der Waals surface area contributed by atoms with Crippen molar-refractivity contribution in [1.29, 1.82) is 0 Å². The van der Waals surface area contributed by atoms with Gasteiger partial charge in [-0.1, -0.05) is 24.6 Å². The Kier molecular flexibility index (Phi) is 4.68. The molecule has 0 bridgehead atoms. The number of fused-ring (bicyclic) bond motifs is 1. The number of halogens is 1. The first-order chi connectivity index (χ1) is 13.2. The second-order valence-corrected chi connectivity index (χ2v) is 6.30. The molecule has 0 saturated heterocycles. The lowest BCUT2D eigenvalue weighted by Crippen LogP contribution is -2.17. The van der Waals surface area contributed by atoms with Gasteiger partial charge in [0.05, 0.1) is 28.2 Å². The molecule has 1 aliphatic heterocycles. The number of carbonyl (C=O) groups excluding carboxylic acids is 1. The van der Waals surface area contributed by atoms with Crippen molar-refractivity contribution in [2.24, 2.45) is 0 Å². The maximum Gasteiger partial charge on any atom is 0.259 e. The van der Waals surface area contributed by atoms with Crippen LogP contribution in [0.3, 0.4) is 0 Å². The fraction of sp³-hybridized carbons (Fsp3) is 0.211. The van der Waals surface area contributed by atoms with Crippen molar-refractivity contribution >= 4 is 23.2 Å². The smallest absolute Gasteiger partial charge is 0.259 e. The first-order valence-corrected chi connectivity index (χ1v) is 8.94. The second kappa shape index (κ2) is 7.28. The fourth-order valence-electron chi connectivity index (χ4n) is 2.93. The number of hydrogen-bond acceptors (Lipinski definition) is 5. The van der Waals surface area contributed by atoms with E-state index in [-0.39, 0.29) is 5.91 Å². The zero-order valence-corrected chi connectivity index (χ0v) is 15.4. The molecule has 1 N–H and O–H groups in total. The van der Waals surface area contributed by atoms with Crippen LogP contribution in [0.2, 0.25) is 5.02 Å². The standard InChI is InChI=1S/C19H17ClN4O3/c1-2-15-12(11-22-24(15)18-5-3-4-6-21-18)19(25)23-14-10-17-16(9-13(14)20)26-7-8-27-17/h3-6,9-11H,2,7-8H2,1H3,(H,23,25).